The largest absolute Gasteiger partial charge is 0.509 e. The zero-order valence-corrected chi connectivity index (χ0v) is 9.69. The lowest BCUT2D eigenvalue weighted by molar-refractivity contribution is 0.0621. The molecule has 3 heteroatoms. The lowest BCUT2D eigenvalue weighted by Crippen LogP contribution is -2.34. The van der Waals surface area contributed by atoms with E-state index in [-0.39, 0.29) is 12.2 Å². The molecule has 1 heterocycles. The maximum atomic E-state index is 11.3. The Bertz CT molecular complexity index is 238. The minimum Gasteiger partial charge on any atom is -0.427 e. The van der Waals surface area contributed by atoms with Gasteiger partial charge in [-0.25, -0.2) is 4.79 Å². The number of hydrogen-bond acceptors (Lipinski definition) is 3. The molecule has 0 aromatic carbocycles. The summed E-state index contributed by atoms with van der Waals surface area (Å²) in [6.07, 6.45) is 9.72. The number of ether oxygens (including phenoxy) is 2. The molecule has 0 N–H and O–H groups in total. The second-order valence-electron chi connectivity index (χ2n) is 5.50. The Morgan fingerprint density at radius 1 is 0.750 bits per heavy atom. The zero-order chi connectivity index (χ0) is 11.0. The third kappa shape index (κ3) is 1.80. The molecule has 16 heavy (non-hydrogen) atoms. The van der Waals surface area contributed by atoms with Crippen molar-refractivity contribution in [3.05, 3.63) is 0 Å². The fourth-order valence-electron chi connectivity index (χ4n) is 3.68. The van der Waals surface area contributed by atoms with Gasteiger partial charge in [0, 0.05) is 0 Å². The van der Waals surface area contributed by atoms with Crippen molar-refractivity contribution in [2.24, 2.45) is 11.8 Å². The van der Waals surface area contributed by atoms with Gasteiger partial charge >= 0.3 is 6.16 Å². The molecule has 1 saturated heterocycles. The van der Waals surface area contributed by atoms with Crippen LogP contribution in [0.2, 0.25) is 0 Å². The highest BCUT2D eigenvalue weighted by Gasteiger charge is 2.46. The quantitative estimate of drug-likeness (QED) is 0.675. The van der Waals surface area contributed by atoms with E-state index in [1.165, 1.54) is 51.4 Å². The monoisotopic (exact) mass is 224 g/mol. The SMILES string of the molecule is O=C1OC(C2CCCC2)C(C2CCCC2)O1. The normalized spacial score (nSPS) is 36.6. The topological polar surface area (TPSA) is 35.5 Å². The highest BCUT2D eigenvalue weighted by molar-refractivity contribution is 5.62. The van der Waals surface area contributed by atoms with Gasteiger partial charge in [-0.15, -0.1) is 0 Å². The third-order valence-corrected chi connectivity index (χ3v) is 4.52. The van der Waals surface area contributed by atoms with Crippen LogP contribution in [0.3, 0.4) is 0 Å². The molecule has 1 aliphatic heterocycles. The predicted octanol–water partition coefficient (Wildman–Crippen LogP) is 3.27. The Morgan fingerprint density at radius 3 is 1.50 bits per heavy atom. The van der Waals surface area contributed by atoms with E-state index in [9.17, 15) is 4.79 Å². The molecule has 2 unspecified atom stereocenters. The Labute approximate surface area is 96.5 Å². The second-order valence-corrected chi connectivity index (χ2v) is 5.50. The number of carbonyl (C=O) groups is 1. The summed E-state index contributed by atoms with van der Waals surface area (Å²) in [5, 5.41) is 0. The maximum absolute atomic E-state index is 11.3. The first-order valence-electron chi connectivity index (χ1n) is 6.72. The summed E-state index contributed by atoms with van der Waals surface area (Å²) >= 11 is 0. The molecule has 0 aromatic rings. The Kier molecular flexibility index (Phi) is 2.78. The number of carbonyl (C=O) groups excluding carboxylic acids is 1. The maximum Gasteiger partial charge on any atom is 0.509 e. The predicted molar refractivity (Wildman–Crippen MR) is 59.1 cm³/mol. The summed E-state index contributed by atoms with van der Waals surface area (Å²) in [6, 6.07) is 0. The van der Waals surface area contributed by atoms with Crippen LogP contribution in [0, 0.1) is 11.8 Å². The first-order chi connectivity index (χ1) is 7.84. The van der Waals surface area contributed by atoms with Crippen molar-refractivity contribution in [1.29, 1.82) is 0 Å². The number of cyclic esters (lactones) is 2. The minimum atomic E-state index is -0.422. The van der Waals surface area contributed by atoms with Gasteiger partial charge in [0.1, 0.15) is 12.2 Å². The van der Waals surface area contributed by atoms with Crippen LogP contribution in [0.15, 0.2) is 0 Å². The highest BCUT2D eigenvalue weighted by atomic mass is 16.8. The van der Waals surface area contributed by atoms with Crippen molar-refractivity contribution >= 4 is 6.16 Å². The third-order valence-electron chi connectivity index (χ3n) is 4.52. The minimum absolute atomic E-state index is 0.0677. The van der Waals surface area contributed by atoms with Gasteiger partial charge in [-0.2, -0.15) is 0 Å². The molecule has 3 rings (SSSR count). The van der Waals surface area contributed by atoms with Crippen LogP contribution in [0.25, 0.3) is 0 Å². The van der Waals surface area contributed by atoms with Gasteiger partial charge in [0.15, 0.2) is 0 Å². The molecule has 3 nitrogen and oxygen atoms in total. The summed E-state index contributed by atoms with van der Waals surface area (Å²) in [5.41, 5.74) is 0. The molecule has 90 valence electrons. The summed E-state index contributed by atoms with van der Waals surface area (Å²) in [7, 11) is 0. The Hall–Kier alpha value is -0.730. The van der Waals surface area contributed by atoms with Crippen LogP contribution in [0.4, 0.5) is 4.79 Å². The first-order valence-corrected chi connectivity index (χ1v) is 6.72. The van der Waals surface area contributed by atoms with Gasteiger partial charge in [-0.1, -0.05) is 25.7 Å². The molecule has 2 saturated carbocycles. The van der Waals surface area contributed by atoms with Crippen LogP contribution < -0.4 is 0 Å². The molecular formula is C13H20O3. The van der Waals surface area contributed by atoms with Gasteiger partial charge < -0.3 is 9.47 Å². The van der Waals surface area contributed by atoms with E-state index in [0.717, 1.165) is 0 Å². The van der Waals surface area contributed by atoms with Gasteiger partial charge in [0.2, 0.25) is 0 Å². The average Bonchev–Trinajstić information content (AvgIpc) is 2.98. The van der Waals surface area contributed by atoms with Gasteiger partial charge in [-0.3, -0.25) is 0 Å². The summed E-state index contributed by atoms with van der Waals surface area (Å²) < 4.78 is 10.8. The molecular weight excluding hydrogens is 204 g/mol. The summed E-state index contributed by atoms with van der Waals surface area (Å²) in [6.45, 7) is 0. The number of rotatable bonds is 2. The molecule has 2 atom stereocenters. The summed E-state index contributed by atoms with van der Waals surface area (Å²) in [4.78, 5) is 11.3. The van der Waals surface area contributed by atoms with Crippen molar-refractivity contribution < 1.29 is 14.3 Å². The van der Waals surface area contributed by atoms with Crippen molar-refractivity contribution in [2.75, 3.05) is 0 Å². The van der Waals surface area contributed by atoms with Crippen molar-refractivity contribution in [3.63, 3.8) is 0 Å². The van der Waals surface area contributed by atoms with Crippen LogP contribution >= 0.6 is 0 Å². The van der Waals surface area contributed by atoms with Crippen molar-refractivity contribution in [3.8, 4) is 0 Å². The molecule has 0 amide bonds. The Morgan fingerprint density at radius 2 is 1.12 bits per heavy atom. The van der Waals surface area contributed by atoms with E-state index >= 15 is 0 Å². The first kappa shape index (κ1) is 10.4. The second kappa shape index (κ2) is 4.27. The lowest BCUT2D eigenvalue weighted by Gasteiger charge is -2.25. The van der Waals surface area contributed by atoms with Crippen LogP contribution in [-0.2, 0) is 9.47 Å². The van der Waals surface area contributed by atoms with E-state index in [4.69, 9.17) is 9.47 Å². The van der Waals surface area contributed by atoms with E-state index in [0.29, 0.717) is 11.8 Å². The van der Waals surface area contributed by atoms with Crippen molar-refractivity contribution in [1.82, 2.24) is 0 Å². The van der Waals surface area contributed by atoms with E-state index in [1.54, 1.807) is 0 Å². The molecule has 3 aliphatic rings. The van der Waals surface area contributed by atoms with Gasteiger partial charge in [0.05, 0.1) is 0 Å². The fraction of sp³-hybridized carbons (Fsp3) is 0.923. The molecule has 3 fully saturated rings. The van der Waals surface area contributed by atoms with Gasteiger partial charge in [-0.05, 0) is 37.5 Å². The molecule has 0 aromatic heterocycles. The molecule has 2 aliphatic carbocycles. The fourth-order valence-corrected chi connectivity index (χ4v) is 3.68. The molecule has 0 radical (unpaired) electrons. The molecule has 0 spiro atoms. The standard InChI is InChI=1S/C13H20O3/c14-13-15-11(9-5-1-2-6-9)12(16-13)10-7-3-4-8-10/h9-12H,1-8H2. The van der Waals surface area contributed by atoms with Crippen molar-refractivity contribution in [2.45, 2.75) is 63.6 Å². The van der Waals surface area contributed by atoms with E-state index in [1.807, 2.05) is 0 Å². The Balaban J connectivity index is 1.71. The van der Waals surface area contributed by atoms with Crippen LogP contribution in [0.1, 0.15) is 51.4 Å². The summed E-state index contributed by atoms with van der Waals surface area (Å²) in [5.74, 6) is 1.13. The highest BCUT2D eigenvalue weighted by Crippen LogP contribution is 2.40. The van der Waals surface area contributed by atoms with Crippen LogP contribution in [-0.4, -0.2) is 18.4 Å². The van der Waals surface area contributed by atoms with Crippen LogP contribution in [0.5, 0.6) is 0 Å². The zero-order valence-electron chi connectivity index (χ0n) is 9.69. The average molecular weight is 224 g/mol. The lowest BCUT2D eigenvalue weighted by atomic mass is 9.88. The smallest absolute Gasteiger partial charge is 0.427 e. The number of hydrogen-bond donors (Lipinski definition) is 0. The molecule has 0 bridgehead atoms. The van der Waals surface area contributed by atoms with E-state index < -0.39 is 6.16 Å². The van der Waals surface area contributed by atoms with Gasteiger partial charge in [0.25, 0.3) is 0 Å². The van der Waals surface area contributed by atoms with E-state index in [2.05, 4.69) is 0 Å².